The third-order valence-electron chi connectivity index (χ3n) is 2.98. The first-order valence-electron chi connectivity index (χ1n) is 5.90. The zero-order valence-electron chi connectivity index (χ0n) is 10.1. The highest BCUT2D eigenvalue weighted by Crippen LogP contribution is 2.20. The lowest BCUT2D eigenvalue weighted by molar-refractivity contribution is 0.0952. The summed E-state index contributed by atoms with van der Waals surface area (Å²) in [6.45, 7) is 0.435. The van der Waals surface area contributed by atoms with Crippen LogP contribution in [0.25, 0.3) is 10.9 Å². The minimum absolute atomic E-state index is 0.141. The van der Waals surface area contributed by atoms with Crippen LogP contribution in [0.5, 0.6) is 0 Å². The normalized spacial score (nSPS) is 10.7. The molecule has 5 heteroatoms. The molecule has 0 aliphatic heterocycles. The summed E-state index contributed by atoms with van der Waals surface area (Å²) in [5, 5.41) is 3.66. The number of carbonyl (C=O) groups excluding carboxylic acids is 1. The van der Waals surface area contributed by atoms with Crippen molar-refractivity contribution in [2.24, 2.45) is 0 Å². The van der Waals surface area contributed by atoms with Gasteiger partial charge < -0.3 is 20.5 Å². The highest BCUT2D eigenvalue weighted by atomic mass is 16.3. The van der Waals surface area contributed by atoms with Crippen LogP contribution in [0.3, 0.4) is 0 Å². The molecule has 5 nitrogen and oxygen atoms in total. The number of nitrogens with two attached hydrogens (primary N) is 1. The van der Waals surface area contributed by atoms with E-state index in [0.29, 0.717) is 17.8 Å². The second-order valence-electron chi connectivity index (χ2n) is 4.32. The molecule has 2 aromatic heterocycles. The van der Waals surface area contributed by atoms with Crippen LogP contribution in [0.15, 0.2) is 47.4 Å². The second kappa shape index (κ2) is 4.53. The Balaban J connectivity index is 1.83. The van der Waals surface area contributed by atoms with Gasteiger partial charge in [0, 0.05) is 34.9 Å². The quantitative estimate of drug-likeness (QED) is 0.628. The molecule has 0 aliphatic carbocycles. The van der Waals surface area contributed by atoms with Crippen molar-refractivity contribution in [3.8, 4) is 0 Å². The van der Waals surface area contributed by atoms with E-state index in [0.717, 1.165) is 16.5 Å². The molecule has 3 rings (SSSR count). The second-order valence-corrected chi connectivity index (χ2v) is 4.32. The van der Waals surface area contributed by atoms with Gasteiger partial charge in [-0.15, -0.1) is 0 Å². The SMILES string of the molecule is Nc1ccc2[nH]cc(C(=O)NCc3ccoc3)c2c1. The number of rotatable bonds is 3. The van der Waals surface area contributed by atoms with Gasteiger partial charge in [0.05, 0.1) is 18.1 Å². The van der Waals surface area contributed by atoms with Crippen molar-refractivity contribution in [3.05, 3.63) is 54.1 Å². The fourth-order valence-electron chi connectivity index (χ4n) is 2.00. The molecule has 0 fully saturated rings. The summed E-state index contributed by atoms with van der Waals surface area (Å²) in [5.41, 5.74) is 8.78. The van der Waals surface area contributed by atoms with Crippen molar-refractivity contribution in [1.29, 1.82) is 0 Å². The Morgan fingerprint density at radius 1 is 1.37 bits per heavy atom. The Hall–Kier alpha value is -2.69. The van der Waals surface area contributed by atoms with Crippen LogP contribution < -0.4 is 11.1 Å². The van der Waals surface area contributed by atoms with E-state index in [1.165, 1.54) is 0 Å². The monoisotopic (exact) mass is 255 g/mol. The summed E-state index contributed by atoms with van der Waals surface area (Å²) in [5.74, 6) is -0.141. The lowest BCUT2D eigenvalue weighted by Gasteiger charge is -2.02. The maximum atomic E-state index is 12.1. The average molecular weight is 255 g/mol. The van der Waals surface area contributed by atoms with E-state index in [1.807, 2.05) is 12.1 Å². The number of aromatic amines is 1. The van der Waals surface area contributed by atoms with Crippen LogP contribution in [0.1, 0.15) is 15.9 Å². The molecule has 0 radical (unpaired) electrons. The number of hydrogen-bond donors (Lipinski definition) is 3. The van der Waals surface area contributed by atoms with Crippen LogP contribution in [0.4, 0.5) is 5.69 Å². The predicted octanol–water partition coefficient (Wildman–Crippen LogP) is 2.27. The molecule has 3 aromatic rings. The summed E-state index contributed by atoms with van der Waals surface area (Å²) < 4.78 is 4.95. The lowest BCUT2D eigenvalue weighted by atomic mass is 10.1. The molecule has 0 atom stereocenters. The molecule has 0 saturated heterocycles. The van der Waals surface area contributed by atoms with Crippen molar-refractivity contribution in [1.82, 2.24) is 10.3 Å². The van der Waals surface area contributed by atoms with Crippen molar-refractivity contribution < 1.29 is 9.21 Å². The van der Waals surface area contributed by atoms with Crippen molar-refractivity contribution in [3.63, 3.8) is 0 Å². The van der Waals surface area contributed by atoms with Crippen LogP contribution in [-0.2, 0) is 6.54 Å². The maximum Gasteiger partial charge on any atom is 0.253 e. The van der Waals surface area contributed by atoms with E-state index in [1.54, 1.807) is 30.9 Å². The molecule has 19 heavy (non-hydrogen) atoms. The van der Waals surface area contributed by atoms with Gasteiger partial charge in [0.2, 0.25) is 0 Å². The highest BCUT2D eigenvalue weighted by molar-refractivity contribution is 6.07. The number of carbonyl (C=O) groups is 1. The molecule has 0 unspecified atom stereocenters. The van der Waals surface area contributed by atoms with Gasteiger partial charge in [0.1, 0.15) is 0 Å². The van der Waals surface area contributed by atoms with Crippen molar-refractivity contribution >= 4 is 22.5 Å². The highest BCUT2D eigenvalue weighted by Gasteiger charge is 2.12. The summed E-state index contributed by atoms with van der Waals surface area (Å²) in [7, 11) is 0. The largest absolute Gasteiger partial charge is 0.472 e. The number of amides is 1. The molecule has 0 saturated carbocycles. The van der Waals surface area contributed by atoms with Crippen molar-refractivity contribution in [2.75, 3.05) is 5.73 Å². The summed E-state index contributed by atoms with van der Waals surface area (Å²) in [4.78, 5) is 15.2. The molecule has 2 heterocycles. The number of furan rings is 1. The number of hydrogen-bond acceptors (Lipinski definition) is 3. The first-order chi connectivity index (χ1) is 9.24. The van der Waals surface area contributed by atoms with Gasteiger partial charge in [-0.2, -0.15) is 0 Å². The van der Waals surface area contributed by atoms with Gasteiger partial charge in [0.15, 0.2) is 0 Å². The fraction of sp³-hybridized carbons (Fsp3) is 0.0714. The van der Waals surface area contributed by atoms with Gasteiger partial charge in [-0.1, -0.05) is 0 Å². The zero-order valence-corrected chi connectivity index (χ0v) is 10.1. The van der Waals surface area contributed by atoms with E-state index in [2.05, 4.69) is 10.3 Å². The lowest BCUT2D eigenvalue weighted by Crippen LogP contribution is -2.22. The smallest absolute Gasteiger partial charge is 0.253 e. The van der Waals surface area contributed by atoms with Crippen LogP contribution >= 0.6 is 0 Å². The number of aromatic nitrogens is 1. The van der Waals surface area contributed by atoms with Gasteiger partial charge in [0.25, 0.3) is 5.91 Å². The zero-order chi connectivity index (χ0) is 13.2. The minimum Gasteiger partial charge on any atom is -0.472 e. The van der Waals surface area contributed by atoms with Crippen LogP contribution in [0, 0.1) is 0 Å². The summed E-state index contributed by atoms with van der Waals surface area (Å²) >= 11 is 0. The number of H-pyrrole nitrogens is 1. The number of nitrogen functional groups attached to an aromatic ring is 1. The topological polar surface area (TPSA) is 84.0 Å². The van der Waals surface area contributed by atoms with Gasteiger partial charge >= 0.3 is 0 Å². The van der Waals surface area contributed by atoms with E-state index in [4.69, 9.17) is 10.2 Å². The van der Waals surface area contributed by atoms with Crippen molar-refractivity contribution in [2.45, 2.75) is 6.54 Å². The Labute approximate surface area is 109 Å². The molecule has 96 valence electrons. The van der Waals surface area contributed by atoms with E-state index >= 15 is 0 Å². The molecule has 1 amide bonds. The number of fused-ring (bicyclic) bond motifs is 1. The van der Waals surface area contributed by atoms with Gasteiger partial charge in [-0.25, -0.2) is 0 Å². The Bertz CT molecular complexity index is 713. The summed E-state index contributed by atoms with van der Waals surface area (Å²) in [6.07, 6.45) is 4.87. The molecule has 0 spiro atoms. The molecular weight excluding hydrogens is 242 g/mol. The third kappa shape index (κ3) is 2.18. The minimum atomic E-state index is -0.141. The Kier molecular flexibility index (Phi) is 2.72. The van der Waals surface area contributed by atoms with Gasteiger partial charge in [-0.05, 0) is 24.3 Å². The predicted molar refractivity (Wildman–Crippen MR) is 72.6 cm³/mol. The molecule has 1 aromatic carbocycles. The third-order valence-corrected chi connectivity index (χ3v) is 2.98. The Morgan fingerprint density at radius 3 is 3.05 bits per heavy atom. The fourth-order valence-corrected chi connectivity index (χ4v) is 2.00. The number of nitrogens with one attached hydrogen (secondary N) is 2. The van der Waals surface area contributed by atoms with Crippen LogP contribution in [0.2, 0.25) is 0 Å². The van der Waals surface area contributed by atoms with E-state index in [-0.39, 0.29) is 5.91 Å². The average Bonchev–Trinajstić information content (AvgIpc) is 3.04. The first kappa shape index (κ1) is 11.4. The Morgan fingerprint density at radius 2 is 2.26 bits per heavy atom. The maximum absolute atomic E-state index is 12.1. The molecule has 4 N–H and O–H groups in total. The van der Waals surface area contributed by atoms with E-state index in [9.17, 15) is 4.79 Å². The molecule has 0 aliphatic rings. The molecule has 0 bridgehead atoms. The van der Waals surface area contributed by atoms with Gasteiger partial charge in [-0.3, -0.25) is 4.79 Å². The van der Waals surface area contributed by atoms with E-state index < -0.39 is 0 Å². The first-order valence-corrected chi connectivity index (χ1v) is 5.90. The number of anilines is 1. The number of benzene rings is 1. The summed E-state index contributed by atoms with van der Waals surface area (Å²) in [6, 6.07) is 7.26. The standard InChI is InChI=1S/C14H13N3O2/c15-10-1-2-13-11(5-10)12(7-16-13)14(18)17-6-9-3-4-19-8-9/h1-5,7-8,16H,6,15H2,(H,17,18). The van der Waals surface area contributed by atoms with Crippen LogP contribution in [-0.4, -0.2) is 10.9 Å². The molecular formula is C14H13N3O2.